The van der Waals surface area contributed by atoms with E-state index in [0.29, 0.717) is 0 Å². The van der Waals surface area contributed by atoms with Crippen LogP contribution in [0.2, 0.25) is 0 Å². The van der Waals surface area contributed by atoms with Crippen LogP contribution in [-0.2, 0) is 26.8 Å². The summed E-state index contributed by atoms with van der Waals surface area (Å²) in [5.74, 6) is 0. The molecule has 1 aliphatic heterocycles. The van der Waals surface area contributed by atoms with Crippen LogP contribution in [0.25, 0.3) is 21.8 Å². The summed E-state index contributed by atoms with van der Waals surface area (Å²) in [6, 6.07) is 14.2. The quantitative estimate of drug-likeness (QED) is 0.300. The second-order valence-electron chi connectivity index (χ2n) is 12.9. The fourth-order valence-corrected chi connectivity index (χ4v) is 4.96. The molecule has 1 saturated heterocycles. The van der Waals surface area contributed by atoms with E-state index in [1.807, 2.05) is 0 Å². The Morgan fingerprint density at radius 1 is 0.794 bits per heavy atom. The molecule has 1 aromatic heterocycles. The molecule has 1 aliphatic rings. The minimum absolute atomic E-state index is 0.148. The van der Waals surface area contributed by atoms with Crippen molar-refractivity contribution in [2.75, 3.05) is 26.4 Å². The van der Waals surface area contributed by atoms with Gasteiger partial charge in [0.05, 0.1) is 19.8 Å². The molecule has 2 aromatic carbocycles. The van der Waals surface area contributed by atoms with Crippen LogP contribution in [0, 0.1) is 5.41 Å². The van der Waals surface area contributed by atoms with Crippen molar-refractivity contribution in [2.45, 2.75) is 91.5 Å². The highest BCUT2D eigenvalue weighted by atomic mass is 16.5. The summed E-state index contributed by atoms with van der Waals surface area (Å²) >= 11 is 0. The van der Waals surface area contributed by atoms with Crippen LogP contribution in [0.1, 0.15) is 85.3 Å². The lowest BCUT2D eigenvalue weighted by molar-refractivity contribution is -0.137. The van der Waals surface area contributed by atoms with Gasteiger partial charge >= 0.3 is 0 Å². The van der Waals surface area contributed by atoms with Crippen molar-refractivity contribution in [1.29, 1.82) is 0 Å². The summed E-state index contributed by atoms with van der Waals surface area (Å²) < 4.78 is 13.8. The van der Waals surface area contributed by atoms with Gasteiger partial charge in [-0.2, -0.15) is 0 Å². The predicted octanol–water partition coefficient (Wildman–Crippen LogP) is 8.00. The molecule has 0 aliphatic carbocycles. The largest absolute Gasteiger partial charge is 0.381 e. The van der Waals surface area contributed by atoms with Crippen LogP contribution in [0.15, 0.2) is 36.4 Å². The third kappa shape index (κ3) is 5.52. The van der Waals surface area contributed by atoms with Crippen molar-refractivity contribution in [3.63, 3.8) is 0 Å². The highest BCUT2D eigenvalue weighted by Gasteiger charge is 2.33. The third-order valence-corrected chi connectivity index (χ3v) is 7.37. The van der Waals surface area contributed by atoms with Crippen molar-refractivity contribution in [1.82, 2.24) is 4.57 Å². The Morgan fingerprint density at radius 3 is 1.79 bits per heavy atom. The van der Waals surface area contributed by atoms with Crippen LogP contribution >= 0.6 is 0 Å². The number of hydrogen-bond donors (Lipinski definition) is 0. The fourth-order valence-electron chi connectivity index (χ4n) is 4.96. The summed E-state index contributed by atoms with van der Waals surface area (Å²) in [4.78, 5) is 0. The topological polar surface area (TPSA) is 23.4 Å². The first-order chi connectivity index (χ1) is 16.0. The van der Waals surface area contributed by atoms with Crippen LogP contribution < -0.4 is 0 Å². The lowest BCUT2D eigenvalue weighted by Crippen LogP contribution is -2.43. The molecule has 1 fully saturated rings. The fraction of sp³-hybridized carbons (Fsp3) is 0.613. The van der Waals surface area contributed by atoms with Crippen molar-refractivity contribution < 1.29 is 9.47 Å². The first-order valence-electron chi connectivity index (χ1n) is 13.2. The van der Waals surface area contributed by atoms with E-state index < -0.39 is 0 Å². The van der Waals surface area contributed by atoms with Gasteiger partial charge in [-0.1, -0.05) is 73.4 Å². The Bertz CT molecular complexity index is 1050. The van der Waals surface area contributed by atoms with E-state index in [1.165, 1.54) is 52.2 Å². The molecular formula is C31H45NO2. The molecular weight excluding hydrogens is 418 g/mol. The lowest BCUT2D eigenvalue weighted by atomic mass is 9.85. The molecule has 0 bridgehead atoms. The average molecular weight is 464 g/mol. The maximum absolute atomic E-state index is 5.90. The summed E-state index contributed by atoms with van der Waals surface area (Å²) in [7, 11) is 0. The van der Waals surface area contributed by atoms with Gasteiger partial charge in [0.1, 0.15) is 0 Å². The van der Waals surface area contributed by atoms with Crippen LogP contribution in [0.4, 0.5) is 0 Å². The van der Waals surface area contributed by atoms with E-state index in [4.69, 9.17) is 9.47 Å². The van der Waals surface area contributed by atoms with Crippen molar-refractivity contribution in [3.05, 3.63) is 47.5 Å². The molecule has 0 saturated carbocycles. The van der Waals surface area contributed by atoms with Crippen LogP contribution in [0.5, 0.6) is 0 Å². The Morgan fingerprint density at radius 2 is 1.32 bits per heavy atom. The molecule has 0 unspecified atom stereocenters. The normalized spacial score (nSPS) is 16.3. The van der Waals surface area contributed by atoms with Crippen LogP contribution in [0.3, 0.4) is 0 Å². The highest BCUT2D eigenvalue weighted by Crippen LogP contribution is 2.36. The number of ether oxygens (including phenoxy) is 2. The maximum atomic E-state index is 5.90. The van der Waals surface area contributed by atoms with E-state index in [9.17, 15) is 0 Å². The second kappa shape index (κ2) is 9.66. The lowest BCUT2D eigenvalue weighted by Gasteiger charge is -2.37. The SMILES string of the molecule is CC1(COCCCCCCn2c3ccc(C(C)(C)C)cc3c3cc(C(C)(C)C)ccc32)COC1. The zero-order chi connectivity index (χ0) is 24.6. The number of fused-ring (bicyclic) bond motifs is 3. The minimum Gasteiger partial charge on any atom is -0.381 e. The van der Waals surface area contributed by atoms with E-state index in [0.717, 1.165) is 39.4 Å². The number of aryl methyl sites for hydroxylation is 1. The standard InChI is InChI=1S/C31H45NO2/c1-29(2,3)23-12-14-27-25(18-23)26-19-24(30(4,5)6)13-15-28(26)32(27)16-10-8-9-11-17-33-20-31(7)21-34-22-31/h12-15,18-19H,8-11,16-17,20-22H2,1-7H3. The molecule has 3 heteroatoms. The van der Waals surface area contributed by atoms with Gasteiger partial charge in [0.15, 0.2) is 0 Å². The Labute approximate surface area is 206 Å². The molecule has 0 N–H and O–H groups in total. The first-order valence-corrected chi connectivity index (χ1v) is 13.2. The monoisotopic (exact) mass is 463 g/mol. The van der Waals surface area contributed by atoms with Gasteiger partial charge in [0.25, 0.3) is 0 Å². The molecule has 2 heterocycles. The summed E-state index contributed by atoms with van der Waals surface area (Å²) in [5, 5.41) is 2.80. The summed E-state index contributed by atoms with van der Waals surface area (Å²) in [6.45, 7) is 20.5. The van der Waals surface area contributed by atoms with Crippen molar-refractivity contribution >= 4 is 21.8 Å². The zero-order valence-electron chi connectivity index (χ0n) is 22.6. The molecule has 34 heavy (non-hydrogen) atoms. The molecule has 0 radical (unpaired) electrons. The number of nitrogens with zero attached hydrogens (tertiary/aromatic N) is 1. The molecule has 3 nitrogen and oxygen atoms in total. The Kier molecular flexibility index (Phi) is 7.18. The second-order valence-corrected chi connectivity index (χ2v) is 12.9. The predicted molar refractivity (Wildman–Crippen MR) is 145 cm³/mol. The number of aromatic nitrogens is 1. The molecule has 0 amide bonds. The van der Waals surface area contributed by atoms with Gasteiger partial charge in [-0.3, -0.25) is 0 Å². The number of hydrogen-bond acceptors (Lipinski definition) is 2. The highest BCUT2D eigenvalue weighted by molar-refractivity contribution is 6.08. The van der Waals surface area contributed by atoms with E-state index in [-0.39, 0.29) is 16.2 Å². The van der Waals surface area contributed by atoms with Gasteiger partial charge in [-0.15, -0.1) is 0 Å². The zero-order valence-corrected chi connectivity index (χ0v) is 22.6. The Balaban J connectivity index is 1.46. The minimum atomic E-state index is 0.148. The summed E-state index contributed by atoms with van der Waals surface area (Å²) in [6.07, 6.45) is 4.82. The van der Waals surface area contributed by atoms with Crippen LogP contribution in [-0.4, -0.2) is 31.0 Å². The van der Waals surface area contributed by atoms with Crippen molar-refractivity contribution in [2.24, 2.45) is 5.41 Å². The number of unbranched alkanes of at least 4 members (excludes halogenated alkanes) is 3. The van der Waals surface area contributed by atoms with E-state index in [2.05, 4.69) is 89.4 Å². The van der Waals surface area contributed by atoms with E-state index >= 15 is 0 Å². The number of rotatable bonds is 9. The van der Waals surface area contributed by atoms with Gasteiger partial charge in [0, 0.05) is 40.4 Å². The molecule has 186 valence electrons. The van der Waals surface area contributed by atoms with Gasteiger partial charge < -0.3 is 14.0 Å². The van der Waals surface area contributed by atoms with Gasteiger partial charge in [-0.25, -0.2) is 0 Å². The average Bonchev–Trinajstić information content (AvgIpc) is 3.05. The summed E-state index contributed by atoms with van der Waals surface area (Å²) in [5.41, 5.74) is 6.10. The number of benzene rings is 2. The van der Waals surface area contributed by atoms with E-state index in [1.54, 1.807) is 0 Å². The van der Waals surface area contributed by atoms with Gasteiger partial charge in [0.2, 0.25) is 0 Å². The third-order valence-electron chi connectivity index (χ3n) is 7.37. The van der Waals surface area contributed by atoms with Gasteiger partial charge in [-0.05, 0) is 59.1 Å². The van der Waals surface area contributed by atoms with Crippen molar-refractivity contribution in [3.8, 4) is 0 Å². The molecule has 4 rings (SSSR count). The molecule has 0 atom stereocenters. The first kappa shape index (κ1) is 25.3. The molecule has 3 aromatic rings. The Hall–Kier alpha value is -1.84. The molecule has 0 spiro atoms. The maximum Gasteiger partial charge on any atom is 0.0564 e. The smallest absolute Gasteiger partial charge is 0.0564 e.